The maximum atomic E-state index is 11.4. The molecule has 9 nitrogen and oxygen atoms in total. The number of rotatable bonds is 12. The van der Waals surface area contributed by atoms with E-state index in [-0.39, 0.29) is 18.8 Å². The molecular weight excluding hydrogens is 400 g/mol. The third kappa shape index (κ3) is 6.11. The maximum Gasteiger partial charge on any atom is 0.337 e. The van der Waals surface area contributed by atoms with Gasteiger partial charge in [-0.15, -0.1) is 0 Å². The molecule has 0 unspecified atom stereocenters. The molecule has 3 rings (SSSR count). The van der Waals surface area contributed by atoms with E-state index in [1.54, 1.807) is 12.1 Å². The fourth-order valence-corrected chi connectivity index (χ4v) is 3.24. The number of ether oxygens (including phenoxy) is 1. The van der Waals surface area contributed by atoms with Crippen molar-refractivity contribution in [1.82, 2.24) is 14.9 Å². The van der Waals surface area contributed by atoms with Gasteiger partial charge in [-0.1, -0.05) is 18.2 Å². The lowest BCUT2D eigenvalue weighted by molar-refractivity contribution is 0.0698. The topological polar surface area (TPSA) is 128 Å². The van der Waals surface area contributed by atoms with Crippen LogP contribution in [0.2, 0.25) is 0 Å². The van der Waals surface area contributed by atoms with Crippen LogP contribution in [0.5, 0.6) is 5.75 Å². The Morgan fingerprint density at radius 1 is 1.03 bits per heavy atom. The average molecular weight is 426 g/mol. The second-order valence-electron chi connectivity index (χ2n) is 6.87. The summed E-state index contributed by atoms with van der Waals surface area (Å²) in [5.74, 6) is 0.243. The summed E-state index contributed by atoms with van der Waals surface area (Å²) in [4.78, 5) is 21.7. The number of aliphatic hydroxyl groups is 2. The molecule has 4 N–H and O–H groups in total. The van der Waals surface area contributed by atoms with E-state index in [9.17, 15) is 9.90 Å². The second kappa shape index (κ2) is 11.2. The van der Waals surface area contributed by atoms with Gasteiger partial charge in [0.15, 0.2) is 0 Å². The molecular formula is C22H26N4O5. The zero-order valence-electron chi connectivity index (χ0n) is 17.1. The monoisotopic (exact) mass is 426 g/mol. The zero-order chi connectivity index (χ0) is 22.1. The Labute approximate surface area is 179 Å². The molecule has 2 aromatic carbocycles. The van der Waals surface area contributed by atoms with Gasteiger partial charge in [-0.05, 0) is 29.8 Å². The summed E-state index contributed by atoms with van der Waals surface area (Å²) in [5, 5.41) is 31.4. The lowest BCUT2D eigenvalue weighted by Crippen LogP contribution is -2.33. The molecule has 0 fully saturated rings. The fourth-order valence-electron chi connectivity index (χ4n) is 3.24. The van der Waals surface area contributed by atoms with Crippen molar-refractivity contribution in [2.75, 3.05) is 44.8 Å². The van der Waals surface area contributed by atoms with Crippen molar-refractivity contribution in [3.8, 4) is 5.75 Å². The molecule has 31 heavy (non-hydrogen) atoms. The van der Waals surface area contributed by atoms with Crippen molar-refractivity contribution in [2.24, 2.45) is 0 Å². The summed E-state index contributed by atoms with van der Waals surface area (Å²) in [7, 11) is 0. The molecule has 0 atom stereocenters. The first-order valence-corrected chi connectivity index (χ1v) is 9.99. The van der Waals surface area contributed by atoms with E-state index >= 15 is 0 Å². The number of aromatic nitrogens is 2. The van der Waals surface area contributed by atoms with Crippen molar-refractivity contribution < 1.29 is 24.9 Å². The molecule has 3 aromatic rings. The number of carboxylic acids is 1. The summed E-state index contributed by atoms with van der Waals surface area (Å²) < 4.78 is 5.81. The SMILES string of the molecule is O=C(O)c1cccc2c(NCc3cccc(OCCN(CCO)CCO)c3)ncnc12. The van der Waals surface area contributed by atoms with Crippen LogP contribution < -0.4 is 10.1 Å². The van der Waals surface area contributed by atoms with Gasteiger partial charge in [0.1, 0.15) is 24.5 Å². The van der Waals surface area contributed by atoms with Gasteiger partial charge in [0, 0.05) is 31.6 Å². The van der Waals surface area contributed by atoms with Gasteiger partial charge < -0.3 is 25.4 Å². The number of hydrogen-bond donors (Lipinski definition) is 4. The number of nitrogens with one attached hydrogen (secondary N) is 1. The normalized spacial score (nSPS) is 11.1. The minimum atomic E-state index is -1.03. The van der Waals surface area contributed by atoms with Crippen molar-refractivity contribution >= 4 is 22.7 Å². The number of fused-ring (bicyclic) bond motifs is 1. The number of aliphatic hydroxyl groups excluding tert-OH is 2. The molecule has 9 heteroatoms. The smallest absolute Gasteiger partial charge is 0.337 e. The number of nitrogens with zero attached hydrogens (tertiary/aromatic N) is 3. The third-order valence-electron chi connectivity index (χ3n) is 4.76. The van der Waals surface area contributed by atoms with Crippen LogP contribution in [-0.2, 0) is 6.54 Å². The molecule has 0 aliphatic carbocycles. The van der Waals surface area contributed by atoms with Crippen molar-refractivity contribution in [3.05, 3.63) is 59.9 Å². The lowest BCUT2D eigenvalue weighted by Gasteiger charge is -2.20. The summed E-state index contributed by atoms with van der Waals surface area (Å²) in [5.41, 5.74) is 1.50. The molecule has 0 aliphatic heterocycles. The van der Waals surface area contributed by atoms with Crippen molar-refractivity contribution in [1.29, 1.82) is 0 Å². The number of hydrogen-bond acceptors (Lipinski definition) is 8. The Balaban J connectivity index is 1.63. The standard InChI is InChI=1S/C22H26N4O5/c27-10-7-26(8-11-28)9-12-31-17-4-1-3-16(13-17)14-23-21-18-5-2-6-19(22(29)30)20(18)24-15-25-21/h1-6,13,15,27-28H,7-12,14H2,(H,29,30)(H,23,24,25). The van der Waals surface area contributed by atoms with E-state index in [1.807, 2.05) is 29.2 Å². The van der Waals surface area contributed by atoms with E-state index in [0.717, 1.165) is 5.56 Å². The number of carboxylic acid groups (broad SMARTS) is 1. The van der Waals surface area contributed by atoms with E-state index in [2.05, 4.69) is 15.3 Å². The summed E-state index contributed by atoms with van der Waals surface area (Å²) in [6.45, 7) is 2.56. The minimum Gasteiger partial charge on any atom is -0.492 e. The molecule has 0 spiro atoms. The maximum absolute atomic E-state index is 11.4. The second-order valence-corrected chi connectivity index (χ2v) is 6.87. The number of para-hydroxylation sites is 1. The highest BCUT2D eigenvalue weighted by Crippen LogP contribution is 2.23. The van der Waals surface area contributed by atoms with Gasteiger partial charge in [-0.2, -0.15) is 0 Å². The summed E-state index contributed by atoms with van der Waals surface area (Å²) >= 11 is 0. The molecule has 164 valence electrons. The van der Waals surface area contributed by atoms with Gasteiger partial charge in [-0.3, -0.25) is 4.90 Å². The summed E-state index contributed by atoms with van der Waals surface area (Å²) in [6.07, 6.45) is 1.35. The first kappa shape index (κ1) is 22.4. The zero-order valence-corrected chi connectivity index (χ0v) is 17.1. The highest BCUT2D eigenvalue weighted by molar-refractivity contribution is 6.04. The largest absolute Gasteiger partial charge is 0.492 e. The van der Waals surface area contributed by atoms with Crippen LogP contribution in [0.25, 0.3) is 10.9 Å². The highest BCUT2D eigenvalue weighted by Gasteiger charge is 2.12. The fraction of sp³-hybridized carbons (Fsp3) is 0.318. The Morgan fingerprint density at radius 2 is 1.81 bits per heavy atom. The quantitative estimate of drug-likeness (QED) is 0.341. The molecule has 1 heterocycles. The first-order chi connectivity index (χ1) is 15.1. The average Bonchev–Trinajstić information content (AvgIpc) is 2.77. The first-order valence-electron chi connectivity index (χ1n) is 9.99. The minimum absolute atomic E-state index is 0.0346. The van der Waals surface area contributed by atoms with Crippen LogP contribution in [0, 0.1) is 0 Å². The van der Waals surface area contributed by atoms with Gasteiger partial charge in [0.05, 0.1) is 24.3 Å². The van der Waals surface area contributed by atoms with E-state index in [1.165, 1.54) is 12.4 Å². The number of benzene rings is 2. The molecule has 1 aromatic heterocycles. The number of carbonyl (C=O) groups is 1. The van der Waals surface area contributed by atoms with Crippen LogP contribution in [-0.4, -0.2) is 75.6 Å². The van der Waals surface area contributed by atoms with Crippen LogP contribution in [0.1, 0.15) is 15.9 Å². The Kier molecular flexibility index (Phi) is 8.11. The highest BCUT2D eigenvalue weighted by atomic mass is 16.5. The van der Waals surface area contributed by atoms with Gasteiger partial charge >= 0.3 is 5.97 Å². The Hall–Kier alpha value is -3.27. The van der Waals surface area contributed by atoms with Crippen molar-refractivity contribution in [2.45, 2.75) is 6.54 Å². The molecule has 0 bridgehead atoms. The molecule has 0 saturated heterocycles. The van der Waals surface area contributed by atoms with Gasteiger partial charge in [0.25, 0.3) is 0 Å². The molecule has 0 amide bonds. The van der Waals surface area contributed by atoms with Crippen LogP contribution in [0.4, 0.5) is 5.82 Å². The van der Waals surface area contributed by atoms with E-state index in [4.69, 9.17) is 14.9 Å². The summed E-state index contributed by atoms with van der Waals surface area (Å²) in [6, 6.07) is 12.6. The molecule has 0 radical (unpaired) electrons. The van der Waals surface area contributed by atoms with Gasteiger partial charge in [-0.25, -0.2) is 14.8 Å². The van der Waals surface area contributed by atoms with Crippen LogP contribution >= 0.6 is 0 Å². The lowest BCUT2D eigenvalue weighted by atomic mass is 10.1. The predicted octanol–water partition coefficient (Wildman–Crippen LogP) is 1.61. The van der Waals surface area contributed by atoms with Crippen LogP contribution in [0.3, 0.4) is 0 Å². The number of aromatic carboxylic acids is 1. The molecule has 0 aliphatic rings. The van der Waals surface area contributed by atoms with Crippen LogP contribution in [0.15, 0.2) is 48.8 Å². The van der Waals surface area contributed by atoms with Crippen molar-refractivity contribution in [3.63, 3.8) is 0 Å². The Morgan fingerprint density at radius 3 is 2.55 bits per heavy atom. The third-order valence-corrected chi connectivity index (χ3v) is 4.76. The van der Waals surface area contributed by atoms with E-state index in [0.29, 0.717) is 55.3 Å². The Bertz CT molecular complexity index is 1010. The predicted molar refractivity (Wildman–Crippen MR) is 116 cm³/mol. The molecule has 0 saturated carbocycles. The number of anilines is 1. The van der Waals surface area contributed by atoms with Gasteiger partial charge in [0.2, 0.25) is 0 Å². The van der Waals surface area contributed by atoms with E-state index < -0.39 is 5.97 Å².